The Bertz CT molecular complexity index is 1080. The van der Waals surface area contributed by atoms with E-state index in [4.69, 9.17) is 5.10 Å². The number of rotatable bonds is 7. The molecule has 0 spiro atoms. The second kappa shape index (κ2) is 7.36. The molecule has 1 aliphatic heterocycles. The molecule has 0 amide bonds. The molecule has 8 heteroatoms. The molecule has 0 bridgehead atoms. The van der Waals surface area contributed by atoms with E-state index in [1.165, 1.54) is 0 Å². The predicted molar refractivity (Wildman–Crippen MR) is 117 cm³/mol. The zero-order chi connectivity index (χ0) is 20.7. The van der Waals surface area contributed by atoms with Gasteiger partial charge < -0.3 is 15.1 Å². The molecule has 1 aromatic heterocycles. The zero-order valence-electron chi connectivity index (χ0n) is 17.3. The van der Waals surface area contributed by atoms with Crippen LogP contribution in [-0.2, 0) is 6.54 Å². The molecule has 3 aromatic rings. The molecule has 152 valence electrons. The molecule has 1 aliphatic rings. The van der Waals surface area contributed by atoms with Crippen LogP contribution >= 0.6 is 0 Å². The lowest BCUT2D eigenvalue weighted by atomic mass is 9.98. The van der Waals surface area contributed by atoms with Crippen molar-refractivity contribution in [1.29, 1.82) is 0 Å². The first-order chi connectivity index (χ1) is 13.9. The lowest BCUT2D eigenvalue weighted by molar-refractivity contribution is -0.383. The number of aromatic nitrogens is 2. The largest absolute Gasteiger partial charge is 0.378 e. The van der Waals surface area contributed by atoms with Crippen LogP contribution in [0, 0.1) is 10.1 Å². The van der Waals surface area contributed by atoms with Crippen LogP contribution in [0.1, 0.15) is 13.8 Å². The third kappa shape index (κ3) is 3.19. The summed E-state index contributed by atoms with van der Waals surface area (Å²) >= 11 is 0. The van der Waals surface area contributed by atoms with Gasteiger partial charge in [-0.15, -0.1) is 0 Å². The quantitative estimate of drug-likeness (QED) is 0.376. The van der Waals surface area contributed by atoms with Gasteiger partial charge in [0.15, 0.2) is 0 Å². The highest BCUT2D eigenvalue weighted by Crippen LogP contribution is 2.47. The summed E-state index contributed by atoms with van der Waals surface area (Å²) < 4.78 is 1.98. The van der Waals surface area contributed by atoms with E-state index in [-0.39, 0.29) is 10.6 Å². The molecule has 0 fully saturated rings. The third-order valence-corrected chi connectivity index (χ3v) is 5.65. The van der Waals surface area contributed by atoms with Gasteiger partial charge in [0.2, 0.25) is 0 Å². The van der Waals surface area contributed by atoms with Crippen molar-refractivity contribution in [3.8, 4) is 11.3 Å². The summed E-state index contributed by atoms with van der Waals surface area (Å²) in [5.74, 6) is 0. The zero-order valence-corrected chi connectivity index (χ0v) is 17.3. The maximum atomic E-state index is 11.6. The minimum atomic E-state index is -0.335. The first kappa shape index (κ1) is 19.2. The molecular formula is C21H26N6O2. The highest BCUT2D eigenvalue weighted by atomic mass is 16.6. The second-order valence-electron chi connectivity index (χ2n) is 7.46. The summed E-state index contributed by atoms with van der Waals surface area (Å²) in [5, 5.41) is 20.7. The number of hydrogen-bond acceptors (Lipinski definition) is 6. The van der Waals surface area contributed by atoms with Gasteiger partial charge in [-0.2, -0.15) is 5.10 Å². The summed E-state index contributed by atoms with van der Waals surface area (Å²) in [6.45, 7) is 7.88. The molecule has 4 rings (SSSR count). The Balaban J connectivity index is 1.90. The second-order valence-corrected chi connectivity index (χ2v) is 7.46. The Morgan fingerprint density at radius 2 is 1.93 bits per heavy atom. The molecule has 2 heterocycles. The van der Waals surface area contributed by atoms with Gasteiger partial charge in [-0.3, -0.25) is 14.8 Å². The van der Waals surface area contributed by atoms with Gasteiger partial charge in [-0.25, -0.2) is 0 Å². The van der Waals surface area contributed by atoms with E-state index in [0.717, 1.165) is 59.7 Å². The first-order valence-corrected chi connectivity index (χ1v) is 9.93. The molecule has 0 aliphatic carbocycles. The highest BCUT2D eigenvalue weighted by molar-refractivity contribution is 6.12. The third-order valence-electron chi connectivity index (χ3n) is 5.65. The van der Waals surface area contributed by atoms with Crippen molar-refractivity contribution in [3.05, 3.63) is 40.4 Å². The fourth-order valence-corrected chi connectivity index (χ4v) is 3.92. The maximum Gasteiger partial charge on any atom is 0.293 e. The van der Waals surface area contributed by atoms with E-state index in [1.807, 2.05) is 41.9 Å². The summed E-state index contributed by atoms with van der Waals surface area (Å²) in [6, 6.07) is 9.44. The van der Waals surface area contributed by atoms with Crippen LogP contribution in [0.3, 0.4) is 0 Å². The fraction of sp³-hybridized carbons (Fsp3) is 0.381. The maximum absolute atomic E-state index is 11.6. The smallest absolute Gasteiger partial charge is 0.293 e. The van der Waals surface area contributed by atoms with E-state index in [9.17, 15) is 10.1 Å². The van der Waals surface area contributed by atoms with Gasteiger partial charge >= 0.3 is 0 Å². The number of nitrogens with zero attached hydrogens (tertiary/aromatic N) is 5. The molecule has 0 unspecified atom stereocenters. The average Bonchev–Trinajstić information content (AvgIpc) is 3.08. The molecule has 0 radical (unpaired) electrons. The van der Waals surface area contributed by atoms with Crippen LogP contribution in [0.4, 0.5) is 22.7 Å². The van der Waals surface area contributed by atoms with Crippen molar-refractivity contribution in [1.82, 2.24) is 14.7 Å². The molecular weight excluding hydrogens is 368 g/mol. The summed E-state index contributed by atoms with van der Waals surface area (Å²) in [6.07, 6.45) is 0. The van der Waals surface area contributed by atoms with Crippen molar-refractivity contribution in [2.75, 3.05) is 43.9 Å². The number of nitro benzene ring substituents is 1. The van der Waals surface area contributed by atoms with Crippen molar-refractivity contribution in [2.24, 2.45) is 0 Å². The number of hydrogen-bond donors (Lipinski definition) is 1. The Morgan fingerprint density at radius 3 is 2.59 bits per heavy atom. The van der Waals surface area contributed by atoms with Gasteiger partial charge in [0.25, 0.3) is 5.69 Å². The summed E-state index contributed by atoms with van der Waals surface area (Å²) in [5.41, 5.74) is 5.19. The molecule has 0 saturated heterocycles. The first-order valence-electron chi connectivity index (χ1n) is 9.93. The number of nitro groups is 1. The van der Waals surface area contributed by atoms with Crippen LogP contribution in [0.15, 0.2) is 30.3 Å². The number of benzene rings is 2. The van der Waals surface area contributed by atoms with Crippen LogP contribution in [-0.4, -0.2) is 53.3 Å². The van der Waals surface area contributed by atoms with Gasteiger partial charge in [0, 0.05) is 43.6 Å². The van der Waals surface area contributed by atoms with E-state index in [0.29, 0.717) is 5.69 Å². The number of nitrogens with one attached hydrogen (secondary N) is 1. The van der Waals surface area contributed by atoms with Crippen molar-refractivity contribution in [2.45, 2.75) is 20.4 Å². The molecule has 0 atom stereocenters. The van der Waals surface area contributed by atoms with Gasteiger partial charge in [-0.1, -0.05) is 13.8 Å². The Labute approximate surface area is 169 Å². The van der Waals surface area contributed by atoms with E-state index in [1.54, 1.807) is 6.07 Å². The predicted octanol–water partition coefficient (Wildman–Crippen LogP) is 4.08. The minimum Gasteiger partial charge on any atom is -0.378 e. The topological polar surface area (TPSA) is 79.5 Å². The average molecular weight is 394 g/mol. The Morgan fingerprint density at radius 1 is 1.17 bits per heavy atom. The summed E-state index contributed by atoms with van der Waals surface area (Å²) in [4.78, 5) is 15.7. The lowest BCUT2D eigenvalue weighted by Crippen LogP contribution is -2.27. The molecule has 8 nitrogen and oxygen atoms in total. The number of likely N-dealkylation sites (N-methyl/N-ethyl adjacent to an activating group) is 1. The standard InChI is InChI=1S/C21H26N6O2/c1-5-25(6-2)11-12-26-17-9-10-18(27(28)29)21-19(17)20(23-26)15-13-14(24(3)4)7-8-16(15)22-21/h7-10,13,22H,5-6,11-12H2,1-4H3. The van der Waals surface area contributed by atoms with Crippen LogP contribution in [0.2, 0.25) is 0 Å². The van der Waals surface area contributed by atoms with Gasteiger partial charge in [0.1, 0.15) is 11.4 Å². The highest BCUT2D eigenvalue weighted by Gasteiger charge is 2.29. The van der Waals surface area contributed by atoms with Crippen molar-refractivity contribution >= 4 is 33.7 Å². The van der Waals surface area contributed by atoms with E-state index in [2.05, 4.69) is 30.1 Å². The SMILES string of the molecule is CCN(CC)CCn1nc2c3c(c([N+](=O)[O-])ccc31)Nc1ccc(N(C)C)cc1-2. The monoisotopic (exact) mass is 394 g/mol. The summed E-state index contributed by atoms with van der Waals surface area (Å²) in [7, 11) is 3.99. The normalized spacial score (nSPS) is 12.2. The van der Waals surface area contributed by atoms with E-state index < -0.39 is 0 Å². The molecule has 2 aromatic carbocycles. The van der Waals surface area contributed by atoms with Gasteiger partial charge in [-0.05, 0) is 37.4 Å². The fourth-order valence-electron chi connectivity index (χ4n) is 3.92. The number of anilines is 3. The van der Waals surface area contributed by atoms with Crippen LogP contribution < -0.4 is 10.2 Å². The molecule has 1 N–H and O–H groups in total. The minimum absolute atomic E-state index is 0.0735. The Hall–Kier alpha value is -3.13. The van der Waals surface area contributed by atoms with Crippen molar-refractivity contribution in [3.63, 3.8) is 0 Å². The van der Waals surface area contributed by atoms with Crippen LogP contribution in [0.25, 0.3) is 22.2 Å². The van der Waals surface area contributed by atoms with Crippen molar-refractivity contribution < 1.29 is 4.92 Å². The van der Waals surface area contributed by atoms with Crippen LogP contribution in [0.5, 0.6) is 0 Å². The van der Waals surface area contributed by atoms with E-state index >= 15 is 0 Å². The number of fused-ring (bicyclic) bond motifs is 2. The molecule has 0 saturated carbocycles. The van der Waals surface area contributed by atoms with Gasteiger partial charge in [0.05, 0.1) is 22.4 Å². The Kier molecular flexibility index (Phi) is 4.87. The lowest BCUT2D eigenvalue weighted by Gasteiger charge is -2.20. The molecule has 29 heavy (non-hydrogen) atoms.